The van der Waals surface area contributed by atoms with Crippen LogP contribution in [0.3, 0.4) is 0 Å². The number of amides is 1. The second-order valence-electron chi connectivity index (χ2n) is 5.95. The van der Waals surface area contributed by atoms with Gasteiger partial charge in [-0.25, -0.2) is 4.79 Å². The highest BCUT2D eigenvalue weighted by atomic mass is 16.6. The fourth-order valence-electron chi connectivity index (χ4n) is 2.23. The largest absolute Gasteiger partial charge is 0.444 e. The molecule has 1 aliphatic rings. The lowest BCUT2D eigenvalue weighted by Crippen LogP contribution is -2.35. The molecule has 0 aliphatic carbocycles. The summed E-state index contributed by atoms with van der Waals surface area (Å²) in [6, 6.07) is 8.04. The Balaban J connectivity index is 2.07. The summed E-state index contributed by atoms with van der Waals surface area (Å²) in [6.07, 6.45) is 1.80. The van der Waals surface area contributed by atoms with Gasteiger partial charge in [0.15, 0.2) is 0 Å². The van der Waals surface area contributed by atoms with E-state index in [1.165, 1.54) is 0 Å². The molecule has 1 amide bonds. The predicted octanol–water partition coefficient (Wildman–Crippen LogP) is 2.78. The fraction of sp³-hybridized carbons (Fsp3) is 0.438. The van der Waals surface area contributed by atoms with Crippen molar-refractivity contribution < 1.29 is 9.53 Å². The average molecular weight is 274 g/mol. The lowest BCUT2D eigenvalue weighted by Gasteiger charge is -2.24. The average Bonchev–Trinajstić information content (AvgIpc) is 2.86. The van der Waals surface area contributed by atoms with Gasteiger partial charge in [-0.2, -0.15) is 0 Å². The Morgan fingerprint density at radius 3 is 2.70 bits per heavy atom. The summed E-state index contributed by atoms with van der Waals surface area (Å²) in [6.45, 7) is 7.28. The van der Waals surface area contributed by atoms with Gasteiger partial charge in [-0.3, -0.25) is 0 Å². The Bertz CT molecular complexity index is 530. The molecule has 20 heavy (non-hydrogen) atoms. The van der Waals surface area contributed by atoms with E-state index >= 15 is 0 Å². The monoisotopic (exact) mass is 274 g/mol. The molecule has 0 spiro atoms. The van der Waals surface area contributed by atoms with E-state index in [1.54, 1.807) is 4.90 Å². The van der Waals surface area contributed by atoms with E-state index in [1.807, 2.05) is 45.0 Å². The highest BCUT2D eigenvalue weighted by Crippen LogP contribution is 2.25. The molecule has 108 valence electrons. The molecular weight excluding hydrogens is 252 g/mol. The third kappa shape index (κ3) is 3.39. The van der Waals surface area contributed by atoms with Gasteiger partial charge in [-0.1, -0.05) is 30.3 Å². The summed E-state index contributed by atoms with van der Waals surface area (Å²) in [5.74, 6) is 0. The summed E-state index contributed by atoms with van der Waals surface area (Å²) >= 11 is 0. The molecule has 0 unspecified atom stereocenters. The van der Waals surface area contributed by atoms with Crippen LogP contribution in [0.4, 0.5) is 4.79 Å². The maximum Gasteiger partial charge on any atom is 0.410 e. The standard InChI is InChI=1S/C16H22N2O2/c1-16(2,3)20-15(19)18-9-8-13(11-18)14-7-5-4-6-12(14)10-17/h4-8H,9-11,17H2,1-3H3. The van der Waals surface area contributed by atoms with E-state index in [0.717, 1.165) is 16.7 Å². The Morgan fingerprint density at radius 2 is 2.05 bits per heavy atom. The van der Waals surface area contributed by atoms with Crippen molar-refractivity contribution in [3.05, 3.63) is 41.5 Å². The van der Waals surface area contributed by atoms with Crippen LogP contribution >= 0.6 is 0 Å². The first-order valence-electron chi connectivity index (χ1n) is 6.86. The molecule has 2 N–H and O–H groups in total. The molecule has 1 heterocycles. The van der Waals surface area contributed by atoms with Crippen LogP contribution in [0.2, 0.25) is 0 Å². The Morgan fingerprint density at radius 1 is 1.35 bits per heavy atom. The molecule has 1 aliphatic heterocycles. The van der Waals surface area contributed by atoms with Crippen LogP contribution in [0.5, 0.6) is 0 Å². The van der Waals surface area contributed by atoms with Gasteiger partial charge in [0.25, 0.3) is 0 Å². The van der Waals surface area contributed by atoms with Gasteiger partial charge >= 0.3 is 6.09 Å². The quantitative estimate of drug-likeness (QED) is 0.902. The molecule has 1 aromatic rings. The number of ether oxygens (including phenoxy) is 1. The topological polar surface area (TPSA) is 55.6 Å². The third-order valence-corrected chi connectivity index (χ3v) is 3.15. The number of nitrogens with two attached hydrogens (primary N) is 1. The summed E-state index contributed by atoms with van der Waals surface area (Å²) in [7, 11) is 0. The molecule has 4 heteroatoms. The van der Waals surface area contributed by atoms with Crippen LogP contribution in [0.25, 0.3) is 5.57 Å². The minimum atomic E-state index is -0.463. The second kappa shape index (κ2) is 5.67. The molecule has 0 saturated heterocycles. The van der Waals surface area contributed by atoms with E-state index in [4.69, 9.17) is 10.5 Å². The Labute approximate surface area is 120 Å². The van der Waals surface area contributed by atoms with Crippen LogP contribution in [0.1, 0.15) is 31.9 Å². The summed E-state index contributed by atoms with van der Waals surface area (Å²) in [4.78, 5) is 13.7. The Hall–Kier alpha value is -1.81. The highest BCUT2D eigenvalue weighted by molar-refractivity contribution is 5.78. The first kappa shape index (κ1) is 14.6. The first-order chi connectivity index (χ1) is 9.40. The minimum Gasteiger partial charge on any atom is -0.444 e. The normalized spacial score (nSPS) is 15.2. The number of nitrogens with zero attached hydrogens (tertiary/aromatic N) is 1. The van der Waals surface area contributed by atoms with Crippen molar-refractivity contribution in [1.29, 1.82) is 0 Å². The maximum absolute atomic E-state index is 12.0. The molecule has 4 nitrogen and oxygen atoms in total. The number of hydrogen-bond acceptors (Lipinski definition) is 3. The van der Waals surface area contributed by atoms with Crippen LogP contribution in [0.15, 0.2) is 30.3 Å². The number of benzene rings is 1. The smallest absolute Gasteiger partial charge is 0.410 e. The van der Waals surface area contributed by atoms with Gasteiger partial charge < -0.3 is 15.4 Å². The number of carbonyl (C=O) groups excluding carboxylic acids is 1. The zero-order valence-electron chi connectivity index (χ0n) is 12.3. The molecule has 0 radical (unpaired) electrons. The van der Waals surface area contributed by atoms with E-state index in [2.05, 4.69) is 6.08 Å². The zero-order valence-corrected chi connectivity index (χ0v) is 12.3. The molecule has 0 fully saturated rings. The van der Waals surface area contributed by atoms with Crippen LogP contribution in [-0.2, 0) is 11.3 Å². The SMILES string of the molecule is CC(C)(C)OC(=O)N1CC=C(c2ccccc2CN)C1. The number of hydrogen-bond donors (Lipinski definition) is 1. The van der Waals surface area contributed by atoms with Crippen molar-refractivity contribution in [2.45, 2.75) is 32.9 Å². The van der Waals surface area contributed by atoms with Crippen molar-refractivity contribution in [3.63, 3.8) is 0 Å². The zero-order chi connectivity index (χ0) is 14.8. The van der Waals surface area contributed by atoms with Crippen LogP contribution in [-0.4, -0.2) is 29.7 Å². The van der Waals surface area contributed by atoms with Gasteiger partial charge in [0.2, 0.25) is 0 Å². The van der Waals surface area contributed by atoms with Crippen LogP contribution in [0, 0.1) is 0 Å². The van der Waals surface area contributed by atoms with Gasteiger partial charge in [0.05, 0.1) is 0 Å². The molecule has 0 saturated carbocycles. The van der Waals surface area contributed by atoms with E-state index in [0.29, 0.717) is 19.6 Å². The first-order valence-corrected chi connectivity index (χ1v) is 6.86. The molecule has 0 atom stereocenters. The third-order valence-electron chi connectivity index (χ3n) is 3.15. The fourth-order valence-corrected chi connectivity index (χ4v) is 2.23. The maximum atomic E-state index is 12.0. The molecule has 0 aromatic heterocycles. The molecule has 0 bridgehead atoms. The Kier molecular flexibility index (Phi) is 4.14. The van der Waals surface area contributed by atoms with Crippen molar-refractivity contribution >= 4 is 11.7 Å². The van der Waals surface area contributed by atoms with Crippen molar-refractivity contribution in [2.75, 3.05) is 13.1 Å². The lowest BCUT2D eigenvalue weighted by molar-refractivity contribution is 0.0306. The number of carbonyl (C=O) groups is 1. The lowest BCUT2D eigenvalue weighted by atomic mass is 10.0. The predicted molar refractivity (Wildman–Crippen MR) is 80.1 cm³/mol. The molecule has 2 rings (SSSR count). The van der Waals surface area contributed by atoms with E-state index in [-0.39, 0.29) is 6.09 Å². The van der Waals surface area contributed by atoms with Gasteiger partial charge in [0.1, 0.15) is 5.60 Å². The summed E-state index contributed by atoms with van der Waals surface area (Å²) < 4.78 is 5.39. The number of rotatable bonds is 2. The summed E-state index contributed by atoms with van der Waals surface area (Å²) in [5, 5.41) is 0. The van der Waals surface area contributed by atoms with Crippen molar-refractivity contribution in [3.8, 4) is 0 Å². The van der Waals surface area contributed by atoms with E-state index < -0.39 is 5.60 Å². The van der Waals surface area contributed by atoms with Gasteiger partial charge in [0, 0.05) is 19.6 Å². The van der Waals surface area contributed by atoms with Crippen molar-refractivity contribution in [2.24, 2.45) is 5.73 Å². The van der Waals surface area contributed by atoms with Gasteiger partial charge in [-0.15, -0.1) is 0 Å². The highest BCUT2D eigenvalue weighted by Gasteiger charge is 2.26. The van der Waals surface area contributed by atoms with E-state index in [9.17, 15) is 4.79 Å². The van der Waals surface area contributed by atoms with Crippen LogP contribution < -0.4 is 5.73 Å². The van der Waals surface area contributed by atoms with Gasteiger partial charge in [-0.05, 0) is 37.5 Å². The van der Waals surface area contributed by atoms with Crippen molar-refractivity contribution in [1.82, 2.24) is 4.90 Å². The minimum absolute atomic E-state index is 0.269. The summed E-state index contributed by atoms with van der Waals surface area (Å²) in [5.41, 5.74) is 8.66. The molecular formula is C16H22N2O2. The second-order valence-corrected chi connectivity index (χ2v) is 5.95. The molecule has 1 aromatic carbocycles.